The Balaban J connectivity index is 2.22. The van der Waals surface area contributed by atoms with Gasteiger partial charge in [0.2, 0.25) is 0 Å². The van der Waals surface area contributed by atoms with Crippen LogP contribution in [0.25, 0.3) is 0 Å². The summed E-state index contributed by atoms with van der Waals surface area (Å²) in [6, 6.07) is 0. The fraction of sp³-hybridized carbons (Fsp3) is 0.667. The third-order valence-electron chi connectivity index (χ3n) is 2.75. The predicted molar refractivity (Wildman–Crippen MR) is 73.7 cm³/mol. The Morgan fingerprint density at radius 3 is 2.84 bits per heavy atom. The molecule has 0 aromatic rings. The van der Waals surface area contributed by atoms with Crippen molar-refractivity contribution in [1.29, 1.82) is 0 Å². The monoisotopic (exact) mass is 268 g/mol. The zero-order valence-electron chi connectivity index (χ0n) is 11.9. The Kier molecular flexibility index (Phi) is 8.18. The van der Waals surface area contributed by atoms with E-state index < -0.39 is 0 Å². The summed E-state index contributed by atoms with van der Waals surface area (Å²) in [7, 11) is 0. The Morgan fingerprint density at radius 2 is 2.21 bits per heavy atom. The predicted octanol–water partition coefficient (Wildman–Crippen LogP) is 2.99. The maximum Gasteiger partial charge on any atom is 0.194 e. The summed E-state index contributed by atoms with van der Waals surface area (Å²) in [6.07, 6.45) is 9.52. The van der Waals surface area contributed by atoms with Crippen LogP contribution in [0.3, 0.4) is 0 Å². The second kappa shape index (κ2) is 9.75. The maximum atomic E-state index is 11.3. The van der Waals surface area contributed by atoms with E-state index in [1.807, 2.05) is 19.1 Å². The molecule has 0 bridgehead atoms. The highest BCUT2D eigenvalue weighted by Crippen LogP contribution is 2.13. The van der Waals surface area contributed by atoms with Crippen molar-refractivity contribution >= 4 is 5.78 Å². The summed E-state index contributed by atoms with van der Waals surface area (Å²) in [6.45, 7) is 5.11. The fourth-order valence-electron chi connectivity index (χ4n) is 1.73. The van der Waals surface area contributed by atoms with E-state index in [1.54, 1.807) is 6.08 Å². The number of rotatable bonds is 8. The molecule has 0 aromatic heterocycles. The van der Waals surface area contributed by atoms with Crippen molar-refractivity contribution in [3.05, 3.63) is 24.0 Å². The van der Waals surface area contributed by atoms with Gasteiger partial charge in [-0.05, 0) is 31.8 Å². The summed E-state index contributed by atoms with van der Waals surface area (Å²) < 4.78 is 16.4. The van der Waals surface area contributed by atoms with E-state index in [4.69, 9.17) is 14.2 Å². The van der Waals surface area contributed by atoms with Gasteiger partial charge in [-0.2, -0.15) is 0 Å². The van der Waals surface area contributed by atoms with Crippen molar-refractivity contribution in [2.24, 2.45) is 0 Å². The zero-order valence-corrected chi connectivity index (χ0v) is 11.9. The normalized spacial score (nSPS) is 20.7. The van der Waals surface area contributed by atoms with E-state index in [1.165, 1.54) is 6.92 Å². The number of hydrogen-bond acceptors (Lipinski definition) is 4. The first kappa shape index (κ1) is 15.9. The highest BCUT2D eigenvalue weighted by atomic mass is 16.7. The molecule has 1 unspecified atom stereocenters. The lowest BCUT2D eigenvalue weighted by Crippen LogP contribution is -2.24. The summed E-state index contributed by atoms with van der Waals surface area (Å²) in [5.74, 6) is 0.299. The average Bonchev–Trinajstić information content (AvgIpc) is 2.42. The molecular formula is C15H24O4. The Labute approximate surface area is 115 Å². The molecule has 108 valence electrons. The van der Waals surface area contributed by atoms with Gasteiger partial charge in [0.1, 0.15) is 6.61 Å². The van der Waals surface area contributed by atoms with Gasteiger partial charge in [0.05, 0.1) is 6.61 Å². The largest absolute Gasteiger partial charge is 0.487 e. The second-order valence-electron chi connectivity index (χ2n) is 4.44. The molecule has 0 spiro atoms. The van der Waals surface area contributed by atoms with Crippen LogP contribution in [0.2, 0.25) is 0 Å². The lowest BCUT2D eigenvalue weighted by molar-refractivity contribution is -0.167. The SMILES string of the molecule is CC/C=C\C=C(/OCCOC1CCCCO1)C(C)=O. The van der Waals surface area contributed by atoms with Gasteiger partial charge >= 0.3 is 0 Å². The molecule has 1 rings (SSSR count). The van der Waals surface area contributed by atoms with Crippen molar-refractivity contribution in [2.75, 3.05) is 19.8 Å². The van der Waals surface area contributed by atoms with Gasteiger partial charge in [-0.25, -0.2) is 0 Å². The molecule has 0 N–H and O–H groups in total. The lowest BCUT2D eigenvalue weighted by Gasteiger charge is -2.22. The topological polar surface area (TPSA) is 44.8 Å². The highest BCUT2D eigenvalue weighted by Gasteiger charge is 2.13. The van der Waals surface area contributed by atoms with E-state index in [9.17, 15) is 4.79 Å². The van der Waals surface area contributed by atoms with E-state index in [-0.39, 0.29) is 12.1 Å². The summed E-state index contributed by atoms with van der Waals surface area (Å²) in [5, 5.41) is 0. The van der Waals surface area contributed by atoms with Crippen LogP contribution in [0.1, 0.15) is 39.5 Å². The van der Waals surface area contributed by atoms with Gasteiger partial charge in [-0.15, -0.1) is 0 Å². The van der Waals surface area contributed by atoms with E-state index in [0.717, 1.165) is 32.3 Å². The van der Waals surface area contributed by atoms with Crippen LogP contribution < -0.4 is 0 Å². The van der Waals surface area contributed by atoms with Crippen LogP contribution in [0.15, 0.2) is 24.0 Å². The smallest absolute Gasteiger partial charge is 0.194 e. The number of allylic oxidation sites excluding steroid dienone is 4. The number of carbonyl (C=O) groups excluding carboxylic acids is 1. The van der Waals surface area contributed by atoms with Crippen LogP contribution in [0.4, 0.5) is 0 Å². The molecule has 4 heteroatoms. The standard InChI is InChI=1S/C15H24O4/c1-3-4-5-8-14(13(2)16)17-11-12-19-15-9-6-7-10-18-15/h4-5,8,15H,3,6-7,9-12H2,1-2H3/b5-4-,14-8-. The lowest BCUT2D eigenvalue weighted by atomic mass is 10.2. The van der Waals surface area contributed by atoms with Gasteiger partial charge in [0, 0.05) is 13.5 Å². The first-order valence-corrected chi connectivity index (χ1v) is 6.97. The van der Waals surface area contributed by atoms with Crippen molar-refractivity contribution in [1.82, 2.24) is 0 Å². The number of Topliss-reactive ketones (excluding diaryl/α,β-unsaturated/α-hetero) is 1. The van der Waals surface area contributed by atoms with Crippen LogP contribution in [0.5, 0.6) is 0 Å². The molecule has 1 atom stereocenters. The van der Waals surface area contributed by atoms with Crippen molar-refractivity contribution < 1.29 is 19.0 Å². The molecule has 0 saturated carbocycles. The van der Waals surface area contributed by atoms with Gasteiger partial charge in [0.15, 0.2) is 17.8 Å². The minimum Gasteiger partial charge on any atom is -0.487 e. The van der Waals surface area contributed by atoms with Gasteiger partial charge < -0.3 is 14.2 Å². The molecule has 0 aliphatic carbocycles. The third kappa shape index (κ3) is 7.13. The Bertz CT molecular complexity index is 314. The zero-order chi connectivity index (χ0) is 13.9. The van der Waals surface area contributed by atoms with Crippen LogP contribution >= 0.6 is 0 Å². The molecule has 1 fully saturated rings. The van der Waals surface area contributed by atoms with Crippen molar-refractivity contribution in [2.45, 2.75) is 45.8 Å². The van der Waals surface area contributed by atoms with E-state index in [2.05, 4.69) is 0 Å². The fourth-order valence-corrected chi connectivity index (χ4v) is 1.73. The highest BCUT2D eigenvalue weighted by molar-refractivity contribution is 5.91. The summed E-state index contributed by atoms with van der Waals surface area (Å²) in [4.78, 5) is 11.3. The molecule has 0 radical (unpaired) electrons. The van der Waals surface area contributed by atoms with Gasteiger partial charge in [0.25, 0.3) is 0 Å². The molecule has 4 nitrogen and oxygen atoms in total. The van der Waals surface area contributed by atoms with Gasteiger partial charge in [-0.1, -0.05) is 19.1 Å². The average molecular weight is 268 g/mol. The van der Waals surface area contributed by atoms with Crippen LogP contribution in [-0.2, 0) is 19.0 Å². The third-order valence-corrected chi connectivity index (χ3v) is 2.75. The quantitative estimate of drug-likeness (QED) is 0.294. The second-order valence-corrected chi connectivity index (χ2v) is 4.44. The summed E-state index contributed by atoms with van der Waals surface area (Å²) in [5.41, 5.74) is 0. The number of hydrogen-bond donors (Lipinski definition) is 0. The Hall–Kier alpha value is -1.13. The van der Waals surface area contributed by atoms with Gasteiger partial charge in [-0.3, -0.25) is 4.79 Å². The van der Waals surface area contributed by atoms with E-state index in [0.29, 0.717) is 19.0 Å². The summed E-state index contributed by atoms with van der Waals surface area (Å²) >= 11 is 0. The van der Waals surface area contributed by atoms with Crippen LogP contribution in [0, 0.1) is 0 Å². The maximum absolute atomic E-state index is 11.3. The minimum absolute atomic E-state index is 0.0744. The molecule has 1 heterocycles. The number of carbonyl (C=O) groups is 1. The molecule has 0 amide bonds. The molecule has 1 aliphatic heterocycles. The molecule has 1 aliphatic rings. The molecular weight excluding hydrogens is 244 g/mol. The number of ether oxygens (including phenoxy) is 3. The Morgan fingerprint density at radius 1 is 1.37 bits per heavy atom. The molecule has 1 saturated heterocycles. The minimum atomic E-state index is -0.109. The molecule has 0 aromatic carbocycles. The van der Waals surface area contributed by atoms with Crippen molar-refractivity contribution in [3.8, 4) is 0 Å². The first-order chi connectivity index (χ1) is 9.24. The van der Waals surface area contributed by atoms with E-state index >= 15 is 0 Å². The molecule has 19 heavy (non-hydrogen) atoms. The van der Waals surface area contributed by atoms with Crippen molar-refractivity contribution in [3.63, 3.8) is 0 Å². The first-order valence-electron chi connectivity index (χ1n) is 6.97. The number of ketones is 1. The van der Waals surface area contributed by atoms with Crippen LogP contribution in [-0.4, -0.2) is 31.9 Å².